The van der Waals surface area contributed by atoms with Gasteiger partial charge in [0.05, 0.1) is 16.6 Å². The van der Waals surface area contributed by atoms with Gasteiger partial charge in [-0.1, -0.05) is 48.5 Å². The van der Waals surface area contributed by atoms with Crippen LogP contribution in [0.25, 0.3) is 21.3 Å². The number of aromatic nitrogens is 1. The van der Waals surface area contributed by atoms with Gasteiger partial charge in [0.15, 0.2) is 0 Å². The fourth-order valence-corrected chi connectivity index (χ4v) is 3.79. The first-order valence-corrected chi connectivity index (χ1v) is 9.62. The second-order valence-corrected chi connectivity index (χ2v) is 7.41. The smallest absolute Gasteiger partial charge is 0.247 e. The zero-order chi connectivity index (χ0) is 19.3. The van der Waals surface area contributed by atoms with Crippen molar-refractivity contribution >= 4 is 27.5 Å². The molecule has 5 nitrogen and oxygen atoms in total. The fourth-order valence-electron chi connectivity index (χ4n) is 2.91. The van der Waals surface area contributed by atoms with Gasteiger partial charge in [-0.05, 0) is 41.0 Å². The molecule has 140 valence electrons. The molecule has 6 heteroatoms. The van der Waals surface area contributed by atoms with Crippen molar-refractivity contribution in [3.63, 3.8) is 0 Å². The van der Waals surface area contributed by atoms with Crippen LogP contribution in [0.5, 0.6) is 5.75 Å². The topological polar surface area (TPSA) is 71.5 Å². The molecule has 4 aromatic rings. The second kappa shape index (κ2) is 8.21. The standard InChI is InChI=1S/C22H18N2O3S/c25-21(24-26)13-15-5-7-16(8-6-15)17-9-11-18(12-10-17)27-14-22-23-19-3-1-2-4-20(19)28-22/h1-12,26H,13-14H2,(H,24,25). The number of thiazole rings is 1. The summed E-state index contributed by atoms with van der Waals surface area (Å²) in [6.07, 6.45) is 0.148. The molecule has 4 rings (SSSR count). The highest BCUT2D eigenvalue weighted by molar-refractivity contribution is 7.18. The number of amides is 1. The molecule has 2 N–H and O–H groups in total. The van der Waals surface area contributed by atoms with E-state index in [1.54, 1.807) is 16.8 Å². The van der Waals surface area contributed by atoms with E-state index in [4.69, 9.17) is 9.94 Å². The quantitative estimate of drug-likeness (QED) is 0.373. The first kappa shape index (κ1) is 18.2. The summed E-state index contributed by atoms with van der Waals surface area (Å²) in [5, 5.41) is 9.54. The third kappa shape index (κ3) is 4.19. The van der Waals surface area contributed by atoms with Crippen molar-refractivity contribution in [1.82, 2.24) is 10.5 Å². The van der Waals surface area contributed by atoms with Crippen LogP contribution in [0.4, 0.5) is 0 Å². The number of nitrogens with one attached hydrogen (secondary N) is 1. The second-order valence-electron chi connectivity index (χ2n) is 6.30. The molecule has 0 aliphatic heterocycles. The molecule has 0 radical (unpaired) electrons. The van der Waals surface area contributed by atoms with Gasteiger partial charge in [0, 0.05) is 0 Å². The van der Waals surface area contributed by atoms with E-state index in [0.717, 1.165) is 37.7 Å². The van der Waals surface area contributed by atoms with E-state index >= 15 is 0 Å². The van der Waals surface area contributed by atoms with Crippen molar-refractivity contribution in [1.29, 1.82) is 0 Å². The van der Waals surface area contributed by atoms with Gasteiger partial charge < -0.3 is 4.74 Å². The molecule has 1 amide bonds. The maximum Gasteiger partial charge on any atom is 0.247 e. The molecule has 0 bridgehead atoms. The highest BCUT2D eigenvalue weighted by Crippen LogP contribution is 2.25. The van der Waals surface area contributed by atoms with E-state index in [1.807, 2.05) is 66.7 Å². The Bertz CT molecular complexity index is 1060. The number of carbonyl (C=O) groups is 1. The number of benzene rings is 3. The van der Waals surface area contributed by atoms with Crippen LogP contribution in [-0.2, 0) is 17.8 Å². The van der Waals surface area contributed by atoms with Gasteiger partial charge >= 0.3 is 0 Å². The van der Waals surface area contributed by atoms with Crippen molar-refractivity contribution < 1.29 is 14.7 Å². The average Bonchev–Trinajstić information content (AvgIpc) is 3.16. The lowest BCUT2D eigenvalue weighted by Gasteiger charge is -2.07. The zero-order valence-electron chi connectivity index (χ0n) is 15.0. The first-order chi connectivity index (χ1) is 13.7. The summed E-state index contributed by atoms with van der Waals surface area (Å²) in [6.45, 7) is 0.445. The van der Waals surface area contributed by atoms with Crippen LogP contribution in [-0.4, -0.2) is 16.1 Å². The Morgan fingerprint density at radius 1 is 0.964 bits per heavy atom. The number of fused-ring (bicyclic) bond motifs is 1. The van der Waals surface area contributed by atoms with Crippen molar-refractivity contribution in [2.24, 2.45) is 0 Å². The summed E-state index contributed by atoms with van der Waals surface area (Å²) in [4.78, 5) is 15.8. The number of carbonyl (C=O) groups excluding carboxylic acids is 1. The molecule has 1 aromatic heterocycles. The molecule has 0 saturated carbocycles. The maximum absolute atomic E-state index is 11.2. The number of rotatable bonds is 6. The molecular weight excluding hydrogens is 372 g/mol. The van der Waals surface area contributed by atoms with Crippen molar-refractivity contribution in [3.8, 4) is 16.9 Å². The molecule has 0 fully saturated rings. The van der Waals surface area contributed by atoms with Crippen LogP contribution in [0, 0.1) is 0 Å². The van der Waals surface area contributed by atoms with Gasteiger partial charge in [0.25, 0.3) is 0 Å². The molecule has 0 atom stereocenters. The maximum atomic E-state index is 11.2. The number of nitrogens with zero attached hydrogens (tertiary/aromatic N) is 1. The van der Waals surface area contributed by atoms with E-state index in [-0.39, 0.29) is 6.42 Å². The largest absolute Gasteiger partial charge is 0.486 e. The molecular formula is C22H18N2O3S. The third-order valence-electron chi connectivity index (χ3n) is 4.33. The number of hydrogen-bond acceptors (Lipinski definition) is 5. The Morgan fingerprint density at radius 2 is 1.64 bits per heavy atom. The molecule has 0 aliphatic rings. The first-order valence-electron chi connectivity index (χ1n) is 8.81. The fraction of sp³-hybridized carbons (Fsp3) is 0.0909. The van der Waals surface area contributed by atoms with Gasteiger partial charge in [-0.2, -0.15) is 0 Å². The monoisotopic (exact) mass is 390 g/mol. The average molecular weight is 390 g/mol. The predicted octanol–water partition coefficient (Wildman–Crippen LogP) is 4.59. The van der Waals surface area contributed by atoms with E-state index in [9.17, 15) is 4.79 Å². The van der Waals surface area contributed by atoms with Crippen LogP contribution >= 0.6 is 11.3 Å². The van der Waals surface area contributed by atoms with E-state index < -0.39 is 5.91 Å². The normalized spacial score (nSPS) is 10.8. The van der Waals surface area contributed by atoms with Crippen molar-refractivity contribution in [2.75, 3.05) is 0 Å². The number of hydroxylamine groups is 1. The summed E-state index contributed by atoms with van der Waals surface area (Å²) in [6, 6.07) is 23.6. The lowest BCUT2D eigenvalue weighted by Crippen LogP contribution is -2.20. The Morgan fingerprint density at radius 3 is 2.32 bits per heavy atom. The van der Waals surface area contributed by atoms with Gasteiger partial charge in [-0.15, -0.1) is 11.3 Å². The lowest BCUT2D eigenvalue weighted by molar-refractivity contribution is -0.128. The van der Waals surface area contributed by atoms with Crippen LogP contribution < -0.4 is 10.2 Å². The Hall–Kier alpha value is -3.22. The van der Waals surface area contributed by atoms with Crippen LogP contribution in [0.1, 0.15) is 10.6 Å². The van der Waals surface area contributed by atoms with Crippen LogP contribution in [0.2, 0.25) is 0 Å². The predicted molar refractivity (Wildman–Crippen MR) is 109 cm³/mol. The molecule has 0 saturated heterocycles. The minimum atomic E-state index is -0.428. The summed E-state index contributed by atoms with van der Waals surface area (Å²) in [5.74, 6) is 0.363. The number of para-hydroxylation sites is 1. The Kier molecular flexibility index (Phi) is 5.32. The van der Waals surface area contributed by atoms with Gasteiger partial charge in [-0.25, -0.2) is 10.5 Å². The third-order valence-corrected chi connectivity index (χ3v) is 5.34. The number of hydrogen-bond donors (Lipinski definition) is 2. The zero-order valence-corrected chi connectivity index (χ0v) is 15.8. The number of ether oxygens (including phenoxy) is 1. The van der Waals surface area contributed by atoms with Crippen molar-refractivity contribution in [2.45, 2.75) is 13.0 Å². The molecule has 1 heterocycles. The van der Waals surface area contributed by atoms with E-state index in [1.165, 1.54) is 0 Å². The minimum absolute atomic E-state index is 0.148. The Labute approximate surface area is 166 Å². The van der Waals surface area contributed by atoms with Crippen LogP contribution in [0.15, 0.2) is 72.8 Å². The van der Waals surface area contributed by atoms with Gasteiger partial charge in [-0.3, -0.25) is 10.0 Å². The van der Waals surface area contributed by atoms with Crippen LogP contribution in [0.3, 0.4) is 0 Å². The van der Waals surface area contributed by atoms with E-state index in [0.29, 0.717) is 6.61 Å². The summed E-state index contributed by atoms with van der Waals surface area (Å²) >= 11 is 1.64. The molecule has 3 aromatic carbocycles. The molecule has 0 aliphatic carbocycles. The van der Waals surface area contributed by atoms with E-state index in [2.05, 4.69) is 11.1 Å². The molecule has 28 heavy (non-hydrogen) atoms. The summed E-state index contributed by atoms with van der Waals surface area (Å²) in [7, 11) is 0. The summed E-state index contributed by atoms with van der Waals surface area (Å²) < 4.78 is 7.03. The highest BCUT2D eigenvalue weighted by atomic mass is 32.1. The minimum Gasteiger partial charge on any atom is -0.486 e. The Balaban J connectivity index is 1.40. The van der Waals surface area contributed by atoms with Gasteiger partial charge in [0.1, 0.15) is 17.4 Å². The molecule has 0 unspecified atom stereocenters. The molecule has 0 spiro atoms. The SMILES string of the molecule is O=C(Cc1ccc(-c2ccc(OCc3nc4ccccc4s3)cc2)cc1)NO. The van der Waals surface area contributed by atoms with Crippen molar-refractivity contribution in [3.05, 3.63) is 83.4 Å². The summed E-state index contributed by atoms with van der Waals surface area (Å²) in [5.41, 5.74) is 5.59. The lowest BCUT2D eigenvalue weighted by atomic mass is 10.0. The highest BCUT2D eigenvalue weighted by Gasteiger charge is 2.05. The van der Waals surface area contributed by atoms with Gasteiger partial charge in [0.2, 0.25) is 5.91 Å².